The number of hydrogen-bond acceptors (Lipinski definition) is 3. The van der Waals surface area contributed by atoms with Crippen LogP contribution in [0, 0.1) is 12.8 Å². The molecule has 0 radical (unpaired) electrons. The molecule has 1 atom stereocenters. The Morgan fingerprint density at radius 3 is 2.21 bits per heavy atom. The van der Waals surface area contributed by atoms with Gasteiger partial charge in [-0.3, -0.25) is 9.59 Å². The molecule has 4 N–H and O–H groups in total. The fraction of sp³-hybridized carbons (Fsp3) is 0.579. The third-order valence-corrected chi connectivity index (χ3v) is 4.67. The number of nitrogens with two attached hydrogens (primary N) is 1. The van der Waals surface area contributed by atoms with Crippen LogP contribution >= 0.6 is 0 Å². The predicted octanol–water partition coefficient (Wildman–Crippen LogP) is 2.14. The van der Waals surface area contributed by atoms with Crippen molar-refractivity contribution in [3.8, 4) is 0 Å². The van der Waals surface area contributed by atoms with Crippen LogP contribution in [0.15, 0.2) is 24.3 Å². The molecular formula is C19H29N3O2. The monoisotopic (exact) mass is 331 g/mol. The predicted molar refractivity (Wildman–Crippen MR) is 95.6 cm³/mol. The molecule has 5 nitrogen and oxygen atoms in total. The van der Waals surface area contributed by atoms with E-state index >= 15 is 0 Å². The fourth-order valence-corrected chi connectivity index (χ4v) is 3.02. The van der Waals surface area contributed by atoms with Gasteiger partial charge in [-0.1, -0.05) is 31.5 Å². The van der Waals surface area contributed by atoms with E-state index < -0.39 is 6.04 Å². The van der Waals surface area contributed by atoms with Crippen LogP contribution < -0.4 is 16.4 Å². The third-order valence-electron chi connectivity index (χ3n) is 4.67. The van der Waals surface area contributed by atoms with Crippen molar-refractivity contribution in [2.75, 3.05) is 0 Å². The number of rotatable bonds is 5. The van der Waals surface area contributed by atoms with E-state index in [1.54, 1.807) is 12.1 Å². The quantitative estimate of drug-likeness (QED) is 0.773. The second-order valence-corrected chi connectivity index (χ2v) is 7.18. The molecule has 1 aliphatic carbocycles. The zero-order chi connectivity index (χ0) is 17.7. The Hall–Kier alpha value is -1.88. The van der Waals surface area contributed by atoms with Crippen LogP contribution in [0.1, 0.15) is 55.5 Å². The number of carbonyl (C=O) groups is 2. The van der Waals surface area contributed by atoms with Crippen LogP contribution in [0.5, 0.6) is 0 Å². The van der Waals surface area contributed by atoms with Crippen molar-refractivity contribution in [1.82, 2.24) is 10.6 Å². The van der Waals surface area contributed by atoms with Crippen molar-refractivity contribution in [2.24, 2.45) is 11.7 Å². The molecule has 1 aliphatic rings. The Morgan fingerprint density at radius 2 is 1.67 bits per heavy atom. The molecule has 0 heterocycles. The average Bonchev–Trinajstić information content (AvgIpc) is 2.54. The molecule has 1 aromatic rings. The van der Waals surface area contributed by atoms with Gasteiger partial charge in [0.05, 0.1) is 0 Å². The first-order chi connectivity index (χ1) is 11.4. The molecule has 0 saturated heterocycles. The number of amides is 2. The van der Waals surface area contributed by atoms with Crippen molar-refractivity contribution in [3.63, 3.8) is 0 Å². The van der Waals surface area contributed by atoms with Crippen molar-refractivity contribution in [1.29, 1.82) is 0 Å². The topological polar surface area (TPSA) is 84.2 Å². The van der Waals surface area contributed by atoms with E-state index in [1.165, 1.54) is 0 Å². The summed E-state index contributed by atoms with van der Waals surface area (Å²) in [7, 11) is 0. The Bertz CT molecular complexity index is 560. The van der Waals surface area contributed by atoms with Gasteiger partial charge >= 0.3 is 0 Å². The molecule has 1 fully saturated rings. The summed E-state index contributed by atoms with van der Waals surface area (Å²) < 4.78 is 0. The summed E-state index contributed by atoms with van der Waals surface area (Å²) in [5.74, 6) is -0.300. The lowest BCUT2D eigenvalue weighted by molar-refractivity contribution is -0.124. The van der Waals surface area contributed by atoms with E-state index in [4.69, 9.17) is 5.73 Å². The first-order valence-corrected chi connectivity index (χ1v) is 8.80. The van der Waals surface area contributed by atoms with Crippen molar-refractivity contribution in [2.45, 2.75) is 64.6 Å². The summed E-state index contributed by atoms with van der Waals surface area (Å²) in [5, 5.41) is 5.95. The molecule has 1 saturated carbocycles. The first-order valence-electron chi connectivity index (χ1n) is 8.80. The summed E-state index contributed by atoms with van der Waals surface area (Å²) in [5.41, 5.74) is 7.58. The standard InChI is InChI=1S/C19H29N3O2/c1-12(2)17(19(24)21-16-10-8-15(20)9-11-16)22-18(23)14-6-4-13(3)5-7-14/h4-7,12,15-17H,8-11,20H2,1-3H3,(H,21,24)(H,22,23). The number of nitrogens with one attached hydrogen (secondary N) is 2. The average molecular weight is 331 g/mol. The van der Waals surface area contributed by atoms with Gasteiger partial charge in [0, 0.05) is 17.6 Å². The molecule has 0 aliphatic heterocycles. The van der Waals surface area contributed by atoms with Crippen molar-refractivity contribution < 1.29 is 9.59 Å². The number of carbonyl (C=O) groups excluding carboxylic acids is 2. The smallest absolute Gasteiger partial charge is 0.251 e. The van der Waals surface area contributed by atoms with Gasteiger partial charge in [-0.2, -0.15) is 0 Å². The highest BCUT2D eigenvalue weighted by molar-refractivity contribution is 5.97. The summed E-state index contributed by atoms with van der Waals surface area (Å²) in [6.45, 7) is 5.86. The summed E-state index contributed by atoms with van der Waals surface area (Å²) >= 11 is 0. The lowest BCUT2D eigenvalue weighted by atomic mass is 9.91. The van der Waals surface area contributed by atoms with Crippen LogP contribution in [0.4, 0.5) is 0 Å². The molecule has 5 heteroatoms. The molecule has 2 rings (SSSR count). The minimum atomic E-state index is -0.533. The van der Waals surface area contributed by atoms with E-state index in [0.717, 1.165) is 31.2 Å². The minimum Gasteiger partial charge on any atom is -0.352 e. The second-order valence-electron chi connectivity index (χ2n) is 7.18. The van der Waals surface area contributed by atoms with Crippen LogP contribution in [0.3, 0.4) is 0 Å². The lowest BCUT2D eigenvalue weighted by Crippen LogP contribution is -2.53. The molecule has 132 valence electrons. The Morgan fingerprint density at radius 1 is 1.08 bits per heavy atom. The third kappa shape index (κ3) is 5.06. The summed E-state index contributed by atoms with van der Waals surface area (Å²) in [6.07, 6.45) is 3.69. The van der Waals surface area contributed by atoms with Crippen molar-refractivity contribution >= 4 is 11.8 Å². The maximum absolute atomic E-state index is 12.6. The van der Waals surface area contributed by atoms with Gasteiger partial charge in [-0.25, -0.2) is 0 Å². The van der Waals surface area contributed by atoms with E-state index in [-0.39, 0.29) is 29.8 Å². The van der Waals surface area contributed by atoms with Crippen molar-refractivity contribution in [3.05, 3.63) is 35.4 Å². The number of benzene rings is 1. The summed E-state index contributed by atoms with van der Waals surface area (Å²) in [4.78, 5) is 25.0. The lowest BCUT2D eigenvalue weighted by Gasteiger charge is -2.29. The largest absolute Gasteiger partial charge is 0.352 e. The Kier molecular flexibility index (Phi) is 6.37. The highest BCUT2D eigenvalue weighted by atomic mass is 16.2. The maximum Gasteiger partial charge on any atom is 0.251 e. The van der Waals surface area contributed by atoms with Gasteiger partial charge in [0.1, 0.15) is 6.04 Å². The first kappa shape index (κ1) is 18.5. The zero-order valence-corrected chi connectivity index (χ0v) is 14.8. The van der Waals surface area contributed by atoms with Gasteiger partial charge < -0.3 is 16.4 Å². The highest BCUT2D eigenvalue weighted by Gasteiger charge is 2.28. The molecule has 0 spiro atoms. The molecule has 1 unspecified atom stereocenters. The van der Waals surface area contributed by atoms with E-state index in [0.29, 0.717) is 5.56 Å². The zero-order valence-electron chi connectivity index (χ0n) is 14.8. The van der Waals surface area contributed by atoms with Gasteiger partial charge in [0.15, 0.2) is 0 Å². The van der Waals surface area contributed by atoms with Crippen LogP contribution in [-0.2, 0) is 4.79 Å². The molecular weight excluding hydrogens is 302 g/mol. The van der Waals surface area contributed by atoms with E-state index in [1.807, 2.05) is 32.9 Å². The number of aryl methyl sites for hydroxylation is 1. The molecule has 24 heavy (non-hydrogen) atoms. The molecule has 1 aromatic carbocycles. The summed E-state index contributed by atoms with van der Waals surface area (Å²) in [6, 6.07) is 7.23. The SMILES string of the molecule is Cc1ccc(C(=O)NC(C(=O)NC2CCC(N)CC2)C(C)C)cc1. The Labute approximate surface area is 144 Å². The minimum absolute atomic E-state index is 0.0187. The van der Waals surface area contributed by atoms with Crippen LogP contribution in [0.2, 0.25) is 0 Å². The molecule has 2 amide bonds. The Balaban J connectivity index is 1.96. The van der Waals surface area contributed by atoms with Gasteiger partial charge in [-0.15, -0.1) is 0 Å². The normalized spacial score (nSPS) is 22.0. The van der Waals surface area contributed by atoms with E-state index in [2.05, 4.69) is 10.6 Å². The van der Waals surface area contributed by atoms with Gasteiger partial charge in [-0.05, 0) is 50.7 Å². The van der Waals surface area contributed by atoms with Gasteiger partial charge in [0.25, 0.3) is 5.91 Å². The molecule has 0 aromatic heterocycles. The second kappa shape index (κ2) is 8.29. The number of hydrogen-bond donors (Lipinski definition) is 3. The highest BCUT2D eigenvalue weighted by Crippen LogP contribution is 2.17. The van der Waals surface area contributed by atoms with Crippen LogP contribution in [0.25, 0.3) is 0 Å². The fourth-order valence-electron chi connectivity index (χ4n) is 3.02. The molecule has 0 bridgehead atoms. The van der Waals surface area contributed by atoms with Crippen LogP contribution in [-0.4, -0.2) is 29.9 Å². The van der Waals surface area contributed by atoms with Gasteiger partial charge in [0.2, 0.25) is 5.91 Å². The van der Waals surface area contributed by atoms with E-state index in [9.17, 15) is 9.59 Å². The maximum atomic E-state index is 12.6.